The van der Waals surface area contributed by atoms with Crippen molar-refractivity contribution >= 4 is 12.0 Å². The Hall–Kier alpha value is -1.41. The number of carboxylic acids is 1. The van der Waals surface area contributed by atoms with Crippen LogP contribution in [0.25, 0.3) is 0 Å². The van der Waals surface area contributed by atoms with E-state index in [1.54, 1.807) is 0 Å². The minimum atomic E-state index is -1.10. The van der Waals surface area contributed by atoms with Gasteiger partial charge in [-0.1, -0.05) is 39.2 Å². The lowest BCUT2D eigenvalue weighted by Crippen LogP contribution is -2.15. The molecule has 0 aromatic carbocycles. The SMILES string of the molecule is C=C(C(=O)O)C(CCCCCC)N=C=O. The number of aliphatic carboxylic acids is 1. The van der Waals surface area contributed by atoms with E-state index in [4.69, 9.17) is 5.11 Å². The van der Waals surface area contributed by atoms with Gasteiger partial charge in [0.25, 0.3) is 0 Å². The molecule has 0 aliphatic heterocycles. The van der Waals surface area contributed by atoms with Crippen molar-refractivity contribution < 1.29 is 14.7 Å². The molecule has 0 saturated carbocycles. The summed E-state index contributed by atoms with van der Waals surface area (Å²) in [6.07, 6.45) is 6.05. The van der Waals surface area contributed by atoms with Gasteiger partial charge >= 0.3 is 5.97 Å². The van der Waals surface area contributed by atoms with Crippen LogP contribution < -0.4 is 0 Å². The normalized spacial score (nSPS) is 11.5. The average Bonchev–Trinajstić information content (AvgIpc) is 2.21. The van der Waals surface area contributed by atoms with Crippen LogP contribution in [0, 0.1) is 0 Å². The highest BCUT2D eigenvalue weighted by Crippen LogP contribution is 2.14. The molecule has 0 fully saturated rings. The molecule has 0 aromatic rings. The molecule has 4 nitrogen and oxygen atoms in total. The van der Waals surface area contributed by atoms with E-state index in [2.05, 4.69) is 18.5 Å². The molecule has 0 aromatic heterocycles. The van der Waals surface area contributed by atoms with Gasteiger partial charge in [-0.15, -0.1) is 0 Å². The fourth-order valence-electron chi connectivity index (χ4n) is 1.29. The van der Waals surface area contributed by atoms with Crippen LogP contribution in [0.15, 0.2) is 17.1 Å². The Morgan fingerprint density at radius 2 is 2.13 bits per heavy atom. The van der Waals surface area contributed by atoms with Crippen molar-refractivity contribution in [3.8, 4) is 0 Å². The maximum atomic E-state index is 10.6. The first kappa shape index (κ1) is 13.6. The summed E-state index contributed by atoms with van der Waals surface area (Å²) in [7, 11) is 0. The fourth-order valence-corrected chi connectivity index (χ4v) is 1.29. The Morgan fingerprint density at radius 3 is 2.60 bits per heavy atom. The standard InChI is InChI=1S/C11H17NO3/c1-3-4-5-6-7-10(12-8-13)9(2)11(14)15/h10H,2-7H2,1H3,(H,14,15). The molecule has 15 heavy (non-hydrogen) atoms. The van der Waals surface area contributed by atoms with Gasteiger partial charge in [-0.05, 0) is 6.42 Å². The summed E-state index contributed by atoms with van der Waals surface area (Å²) >= 11 is 0. The molecule has 1 unspecified atom stereocenters. The van der Waals surface area contributed by atoms with Crippen molar-refractivity contribution in [3.63, 3.8) is 0 Å². The first-order chi connectivity index (χ1) is 7.13. The molecule has 0 bridgehead atoms. The molecule has 0 heterocycles. The highest BCUT2D eigenvalue weighted by Gasteiger charge is 2.16. The van der Waals surface area contributed by atoms with Gasteiger partial charge in [0.2, 0.25) is 6.08 Å². The molecule has 1 atom stereocenters. The van der Waals surface area contributed by atoms with Crippen molar-refractivity contribution in [1.82, 2.24) is 0 Å². The van der Waals surface area contributed by atoms with Crippen LogP contribution in [0.5, 0.6) is 0 Å². The largest absolute Gasteiger partial charge is 0.478 e. The van der Waals surface area contributed by atoms with Crippen LogP contribution in [0.3, 0.4) is 0 Å². The summed E-state index contributed by atoms with van der Waals surface area (Å²) in [5.41, 5.74) is -0.0325. The molecule has 0 aliphatic rings. The summed E-state index contributed by atoms with van der Waals surface area (Å²) in [6.45, 7) is 5.49. The van der Waals surface area contributed by atoms with E-state index in [0.29, 0.717) is 6.42 Å². The molecule has 84 valence electrons. The monoisotopic (exact) mass is 211 g/mol. The summed E-state index contributed by atoms with van der Waals surface area (Å²) < 4.78 is 0. The summed E-state index contributed by atoms with van der Waals surface area (Å²) in [6, 6.07) is -0.614. The Morgan fingerprint density at radius 1 is 1.47 bits per heavy atom. The highest BCUT2D eigenvalue weighted by atomic mass is 16.4. The maximum absolute atomic E-state index is 10.6. The molecule has 0 radical (unpaired) electrons. The quantitative estimate of drug-likeness (QED) is 0.290. The molecular formula is C11H17NO3. The van der Waals surface area contributed by atoms with Crippen LogP contribution in [0.4, 0.5) is 0 Å². The Bertz CT molecular complexity index is 267. The third kappa shape index (κ3) is 5.81. The van der Waals surface area contributed by atoms with Crippen molar-refractivity contribution in [2.75, 3.05) is 0 Å². The number of unbranched alkanes of at least 4 members (excludes halogenated alkanes) is 3. The van der Waals surface area contributed by atoms with E-state index in [9.17, 15) is 9.59 Å². The predicted molar refractivity (Wildman–Crippen MR) is 57.4 cm³/mol. The first-order valence-corrected chi connectivity index (χ1v) is 5.12. The molecule has 0 rings (SSSR count). The van der Waals surface area contributed by atoms with E-state index in [1.165, 1.54) is 6.08 Å². The van der Waals surface area contributed by atoms with Crippen LogP contribution in [-0.4, -0.2) is 23.2 Å². The second kappa shape index (κ2) is 7.94. The van der Waals surface area contributed by atoms with Gasteiger partial charge in [0.1, 0.15) is 0 Å². The zero-order valence-electron chi connectivity index (χ0n) is 9.03. The first-order valence-electron chi connectivity index (χ1n) is 5.12. The van der Waals surface area contributed by atoms with Gasteiger partial charge < -0.3 is 5.11 Å². The Kier molecular flexibility index (Phi) is 7.20. The second-order valence-corrected chi connectivity index (χ2v) is 3.42. The molecule has 0 aliphatic carbocycles. The number of carboxylic acid groups (broad SMARTS) is 1. The summed E-state index contributed by atoms with van der Waals surface area (Å²) in [5.74, 6) is -1.10. The lowest BCUT2D eigenvalue weighted by molar-refractivity contribution is -0.132. The Balaban J connectivity index is 4.11. The number of carbonyl (C=O) groups is 1. The van der Waals surface area contributed by atoms with Crippen LogP contribution in [0.2, 0.25) is 0 Å². The smallest absolute Gasteiger partial charge is 0.333 e. The van der Waals surface area contributed by atoms with Gasteiger partial charge in [-0.2, -0.15) is 4.99 Å². The van der Waals surface area contributed by atoms with Gasteiger partial charge in [0, 0.05) is 0 Å². The number of carbonyl (C=O) groups excluding carboxylic acids is 1. The van der Waals surface area contributed by atoms with E-state index in [-0.39, 0.29) is 5.57 Å². The fraction of sp³-hybridized carbons (Fsp3) is 0.636. The number of hydrogen-bond acceptors (Lipinski definition) is 3. The minimum absolute atomic E-state index is 0.0325. The molecule has 1 N–H and O–H groups in total. The highest BCUT2D eigenvalue weighted by molar-refractivity contribution is 5.87. The molecular weight excluding hydrogens is 194 g/mol. The lowest BCUT2D eigenvalue weighted by Gasteiger charge is -2.09. The third-order valence-corrected chi connectivity index (χ3v) is 2.22. The van der Waals surface area contributed by atoms with E-state index in [1.807, 2.05) is 0 Å². The molecule has 0 spiro atoms. The minimum Gasteiger partial charge on any atom is -0.478 e. The van der Waals surface area contributed by atoms with Crippen LogP contribution >= 0.6 is 0 Å². The second-order valence-electron chi connectivity index (χ2n) is 3.42. The maximum Gasteiger partial charge on any atom is 0.333 e. The third-order valence-electron chi connectivity index (χ3n) is 2.22. The number of hydrogen-bond donors (Lipinski definition) is 1. The van der Waals surface area contributed by atoms with Crippen LogP contribution in [0.1, 0.15) is 39.0 Å². The summed E-state index contributed by atoms with van der Waals surface area (Å²) in [4.78, 5) is 24.2. The van der Waals surface area contributed by atoms with Gasteiger partial charge in [-0.3, -0.25) is 0 Å². The Labute approximate surface area is 89.7 Å². The van der Waals surface area contributed by atoms with Gasteiger partial charge in [0.15, 0.2) is 0 Å². The van der Waals surface area contributed by atoms with E-state index in [0.717, 1.165) is 25.7 Å². The predicted octanol–water partition coefficient (Wildman–Crippen LogP) is 2.30. The van der Waals surface area contributed by atoms with Gasteiger partial charge in [0.05, 0.1) is 11.6 Å². The lowest BCUT2D eigenvalue weighted by atomic mass is 10.0. The van der Waals surface area contributed by atoms with Gasteiger partial charge in [-0.25, -0.2) is 9.59 Å². The zero-order valence-corrected chi connectivity index (χ0v) is 9.03. The van der Waals surface area contributed by atoms with E-state index < -0.39 is 12.0 Å². The molecule has 4 heteroatoms. The molecule has 0 amide bonds. The molecule has 0 saturated heterocycles. The van der Waals surface area contributed by atoms with E-state index >= 15 is 0 Å². The number of isocyanates is 1. The van der Waals surface area contributed by atoms with Crippen molar-refractivity contribution in [2.24, 2.45) is 4.99 Å². The number of aliphatic imine (C=N–C) groups is 1. The van der Waals surface area contributed by atoms with Crippen LogP contribution in [-0.2, 0) is 9.59 Å². The van der Waals surface area contributed by atoms with Crippen molar-refractivity contribution in [2.45, 2.75) is 45.1 Å². The van der Waals surface area contributed by atoms with Crippen molar-refractivity contribution in [3.05, 3.63) is 12.2 Å². The zero-order chi connectivity index (χ0) is 11.7. The summed E-state index contributed by atoms with van der Waals surface area (Å²) in [5, 5.41) is 8.69. The average molecular weight is 211 g/mol. The topological polar surface area (TPSA) is 66.7 Å². The van der Waals surface area contributed by atoms with Crippen molar-refractivity contribution in [1.29, 1.82) is 0 Å². The number of rotatable bonds is 8. The number of nitrogens with zero attached hydrogens (tertiary/aromatic N) is 1.